The molecule has 2 unspecified atom stereocenters. The SMILES string of the molecule is CCCCCCCCCCCCCCCCCC(=O)OC[C@H](COP(=O)(O)OC[C@@H](O)COP(=O)(O)OC[C@@H](COC(=O)CCCCCCCCCC)OC(=O)CCCCCCCCCCCCC)OC(=O)CCCCCCCCCCCCCCCCCCC(C)C. The zero-order valence-electron chi connectivity index (χ0n) is 60.4. The van der Waals surface area contributed by atoms with Crippen LogP contribution in [0.15, 0.2) is 0 Å². The zero-order valence-corrected chi connectivity index (χ0v) is 62.2. The van der Waals surface area contributed by atoms with Crippen LogP contribution in [-0.4, -0.2) is 96.7 Å². The van der Waals surface area contributed by atoms with Gasteiger partial charge in [0.05, 0.1) is 26.4 Å². The van der Waals surface area contributed by atoms with E-state index in [0.717, 1.165) is 102 Å². The minimum absolute atomic E-state index is 0.107. The Bertz CT molecular complexity index is 1790. The highest BCUT2D eigenvalue weighted by atomic mass is 31.2. The Morgan fingerprint density at radius 2 is 0.495 bits per heavy atom. The second-order valence-corrected chi connectivity index (χ2v) is 30.1. The Morgan fingerprint density at radius 1 is 0.290 bits per heavy atom. The van der Waals surface area contributed by atoms with Crippen molar-refractivity contribution in [2.45, 2.75) is 406 Å². The fourth-order valence-corrected chi connectivity index (χ4v) is 12.9. The first-order valence-corrected chi connectivity index (χ1v) is 41.6. The second-order valence-electron chi connectivity index (χ2n) is 27.2. The summed E-state index contributed by atoms with van der Waals surface area (Å²) in [6.07, 6.45) is 55.5. The lowest BCUT2D eigenvalue weighted by atomic mass is 10.0. The molecule has 0 fully saturated rings. The van der Waals surface area contributed by atoms with Crippen molar-refractivity contribution >= 4 is 39.5 Å². The lowest BCUT2D eigenvalue weighted by Gasteiger charge is -2.21. The fraction of sp³-hybridized carbons (Fsp3) is 0.946. The molecule has 0 spiro atoms. The molecule has 0 rings (SSSR count). The van der Waals surface area contributed by atoms with Crippen LogP contribution in [-0.2, 0) is 65.4 Å². The molecule has 17 nitrogen and oxygen atoms in total. The van der Waals surface area contributed by atoms with Gasteiger partial charge in [-0.2, -0.15) is 0 Å². The highest BCUT2D eigenvalue weighted by molar-refractivity contribution is 7.47. The van der Waals surface area contributed by atoms with Crippen LogP contribution in [0, 0.1) is 5.92 Å². The van der Waals surface area contributed by atoms with Gasteiger partial charge in [0.1, 0.15) is 19.3 Å². The molecule has 3 N–H and O–H groups in total. The molecule has 0 radical (unpaired) electrons. The molecule has 93 heavy (non-hydrogen) atoms. The summed E-state index contributed by atoms with van der Waals surface area (Å²) in [5, 5.41) is 10.6. The lowest BCUT2D eigenvalue weighted by Crippen LogP contribution is -2.30. The molecule has 0 aromatic rings. The van der Waals surface area contributed by atoms with E-state index in [4.69, 9.17) is 37.0 Å². The maximum absolute atomic E-state index is 13.1. The van der Waals surface area contributed by atoms with Crippen LogP contribution in [0.5, 0.6) is 0 Å². The molecule has 5 atom stereocenters. The molecule has 0 heterocycles. The summed E-state index contributed by atoms with van der Waals surface area (Å²) in [6.45, 7) is 7.28. The van der Waals surface area contributed by atoms with Crippen molar-refractivity contribution < 1.29 is 80.2 Å². The summed E-state index contributed by atoms with van der Waals surface area (Å²) in [7, 11) is -9.90. The van der Waals surface area contributed by atoms with Crippen LogP contribution in [0.3, 0.4) is 0 Å². The Balaban J connectivity index is 5.20. The molecule has 0 aliphatic carbocycles. The molecule has 0 aliphatic rings. The number of unbranched alkanes of at least 4 members (excludes halogenated alkanes) is 46. The van der Waals surface area contributed by atoms with Gasteiger partial charge in [-0.05, 0) is 31.6 Å². The summed E-state index contributed by atoms with van der Waals surface area (Å²) in [4.78, 5) is 72.6. The standard InChI is InChI=1S/C74H144O17P2/c1-6-9-12-15-18-21-23-24-27-31-35-38-43-48-53-58-72(77)85-64-70(91-74(79)60-55-50-45-40-36-32-29-26-25-28-30-34-37-41-46-51-56-67(4)5)66-89-93(82,83)87-62-68(75)61-86-92(80,81)88-65-69(63-84-71(76)57-52-47-42-20-17-14-11-8-3)90-73(78)59-54-49-44-39-33-22-19-16-13-10-7-2/h67-70,75H,6-66H2,1-5H3,(H,80,81)(H,82,83)/t68-,69+,70+/m0/s1. The van der Waals surface area contributed by atoms with Gasteiger partial charge in [0.25, 0.3) is 0 Å². The monoisotopic (exact) mass is 1370 g/mol. The third-order valence-corrected chi connectivity index (χ3v) is 19.2. The summed E-state index contributed by atoms with van der Waals surface area (Å²) in [6, 6.07) is 0. The van der Waals surface area contributed by atoms with Gasteiger partial charge in [-0.1, -0.05) is 336 Å². The number of esters is 4. The molecule has 0 aromatic heterocycles. The van der Waals surface area contributed by atoms with E-state index in [0.29, 0.717) is 25.7 Å². The first kappa shape index (κ1) is 91.1. The van der Waals surface area contributed by atoms with E-state index in [1.165, 1.54) is 205 Å². The van der Waals surface area contributed by atoms with Crippen LogP contribution in [0.2, 0.25) is 0 Å². The number of carbonyl (C=O) groups excluding carboxylic acids is 4. The Labute approximate surface area is 568 Å². The molecule has 0 bridgehead atoms. The number of phosphoric acid groups is 2. The van der Waals surface area contributed by atoms with Gasteiger partial charge in [-0.15, -0.1) is 0 Å². The van der Waals surface area contributed by atoms with Crippen molar-refractivity contribution in [3.8, 4) is 0 Å². The van der Waals surface area contributed by atoms with Crippen molar-refractivity contribution in [1.29, 1.82) is 0 Å². The topological polar surface area (TPSA) is 237 Å². The van der Waals surface area contributed by atoms with Crippen molar-refractivity contribution in [1.82, 2.24) is 0 Å². The van der Waals surface area contributed by atoms with E-state index >= 15 is 0 Å². The predicted octanol–water partition coefficient (Wildman–Crippen LogP) is 21.7. The number of hydrogen-bond acceptors (Lipinski definition) is 15. The van der Waals surface area contributed by atoms with E-state index < -0.39 is 97.5 Å². The molecule has 0 amide bonds. The maximum Gasteiger partial charge on any atom is 0.472 e. The first-order valence-electron chi connectivity index (χ1n) is 38.6. The molecule has 0 aliphatic heterocycles. The molecule has 552 valence electrons. The van der Waals surface area contributed by atoms with E-state index in [1.54, 1.807) is 0 Å². The third kappa shape index (κ3) is 68.4. The zero-order chi connectivity index (χ0) is 68.4. The minimum Gasteiger partial charge on any atom is -0.462 e. The van der Waals surface area contributed by atoms with Crippen molar-refractivity contribution in [2.75, 3.05) is 39.6 Å². The van der Waals surface area contributed by atoms with Crippen molar-refractivity contribution in [3.05, 3.63) is 0 Å². The average Bonchev–Trinajstić information content (AvgIpc) is 3.33. The molecule has 0 aromatic carbocycles. The van der Waals surface area contributed by atoms with Gasteiger partial charge in [0.15, 0.2) is 12.2 Å². The van der Waals surface area contributed by atoms with E-state index in [1.807, 2.05) is 0 Å². The summed E-state index contributed by atoms with van der Waals surface area (Å²) >= 11 is 0. The minimum atomic E-state index is -4.95. The molecule has 19 heteroatoms. The molecule has 0 saturated heterocycles. The lowest BCUT2D eigenvalue weighted by molar-refractivity contribution is -0.161. The summed E-state index contributed by atoms with van der Waals surface area (Å²) in [5.41, 5.74) is 0. The van der Waals surface area contributed by atoms with Crippen molar-refractivity contribution in [2.24, 2.45) is 5.92 Å². The smallest absolute Gasteiger partial charge is 0.462 e. The van der Waals surface area contributed by atoms with Gasteiger partial charge in [0.2, 0.25) is 0 Å². The summed E-state index contributed by atoms with van der Waals surface area (Å²) < 4.78 is 68.4. The third-order valence-electron chi connectivity index (χ3n) is 17.3. The first-order chi connectivity index (χ1) is 45.0. The van der Waals surface area contributed by atoms with Crippen LogP contribution < -0.4 is 0 Å². The molecular weight excluding hydrogens is 1220 g/mol. The van der Waals surface area contributed by atoms with Crippen LogP contribution in [0.1, 0.15) is 388 Å². The van der Waals surface area contributed by atoms with Gasteiger partial charge >= 0.3 is 39.5 Å². The summed E-state index contributed by atoms with van der Waals surface area (Å²) in [5.74, 6) is -1.31. The number of carbonyl (C=O) groups is 4. The van der Waals surface area contributed by atoms with Crippen LogP contribution in [0.4, 0.5) is 0 Å². The van der Waals surface area contributed by atoms with Crippen LogP contribution >= 0.6 is 15.6 Å². The largest absolute Gasteiger partial charge is 0.472 e. The van der Waals surface area contributed by atoms with Gasteiger partial charge in [-0.3, -0.25) is 37.3 Å². The number of aliphatic hydroxyl groups is 1. The van der Waals surface area contributed by atoms with E-state index in [-0.39, 0.29) is 25.7 Å². The predicted molar refractivity (Wildman–Crippen MR) is 377 cm³/mol. The van der Waals surface area contributed by atoms with Crippen molar-refractivity contribution in [3.63, 3.8) is 0 Å². The molecular formula is C74H144O17P2. The normalized spacial score (nSPS) is 14.0. The second kappa shape index (κ2) is 67.3. The Morgan fingerprint density at radius 3 is 0.731 bits per heavy atom. The van der Waals surface area contributed by atoms with E-state index in [9.17, 15) is 43.2 Å². The number of hydrogen-bond donors (Lipinski definition) is 3. The number of phosphoric ester groups is 2. The van der Waals surface area contributed by atoms with Gasteiger partial charge in [0, 0.05) is 25.7 Å². The molecule has 0 saturated carbocycles. The highest BCUT2D eigenvalue weighted by Gasteiger charge is 2.30. The fourth-order valence-electron chi connectivity index (χ4n) is 11.4. The Kier molecular flexibility index (Phi) is 65.9. The quantitative estimate of drug-likeness (QED) is 0.0222. The average molecular weight is 1370 g/mol. The van der Waals surface area contributed by atoms with Gasteiger partial charge < -0.3 is 33.8 Å². The highest BCUT2D eigenvalue weighted by Crippen LogP contribution is 2.45. The number of rotatable bonds is 74. The number of ether oxygens (including phenoxy) is 4. The van der Waals surface area contributed by atoms with E-state index in [2.05, 4.69) is 34.6 Å². The maximum atomic E-state index is 13.1. The Hall–Kier alpha value is -1.94. The number of aliphatic hydroxyl groups excluding tert-OH is 1. The van der Waals surface area contributed by atoms with Gasteiger partial charge in [-0.25, -0.2) is 9.13 Å². The van der Waals surface area contributed by atoms with Crippen LogP contribution in [0.25, 0.3) is 0 Å².